The van der Waals surface area contributed by atoms with Gasteiger partial charge in [0, 0.05) is 12.2 Å². The van der Waals surface area contributed by atoms with Gasteiger partial charge in [0.15, 0.2) is 0 Å². The summed E-state index contributed by atoms with van der Waals surface area (Å²) in [6, 6.07) is 6.03. The van der Waals surface area contributed by atoms with E-state index in [9.17, 15) is 4.79 Å². The van der Waals surface area contributed by atoms with E-state index in [4.69, 9.17) is 0 Å². The zero-order valence-corrected chi connectivity index (χ0v) is 9.58. The first kappa shape index (κ1) is 11.5. The van der Waals surface area contributed by atoms with Gasteiger partial charge in [-0.25, -0.2) is 0 Å². The number of hydrogen-bond donors (Lipinski definition) is 0. The molecule has 0 heterocycles. The van der Waals surface area contributed by atoms with Crippen LogP contribution in [0.2, 0.25) is 0 Å². The van der Waals surface area contributed by atoms with Crippen molar-refractivity contribution < 1.29 is 4.79 Å². The molecular formula is C13H17NO. The molecule has 1 amide bonds. The standard InChI is InChI=1S/C13H17NO/c1-5-12(15)14(6-2)13-10(3)8-7-9-11(13)4/h5,7-9H,1,6H2,2-4H3. The number of para-hydroxylation sites is 1. The van der Waals surface area contributed by atoms with Gasteiger partial charge in [-0.3, -0.25) is 4.79 Å². The average molecular weight is 203 g/mol. The van der Waals surface area contributed by atoms with Gasteiger partial charge in [0.25, 0.3) is 0 Å². The molecule has 0 radical (unpaired) electrons. The second-order valence-corrected chi connectivity index (χ2v) is 3.53. The molecule has 0 aliphatic rings. The van der Waals surface area contributed by atoms with E-state index in [0.717, 1.165) is 16.8 Å². The molecule has 0 saturated carbocycles. The summed E-state index contributed by atoms with van der Waals surface area (Å²) in [7, 11) is 0. The van der Waals surface area contributed by atoms with Gasteiger partial charge in [0.1, 0.15) is 0 Å². The lowest BCUT2D eigenvalue weighted by atomic mass is 10.1. The number of nitrogens with zero attached hydrogens (tertiary/aromatic N) is 1. The van der Waals surface area contributed by atoms with Gasteiger partial charge in [-0.05, 0) is 38.0 Å². The van der Waals surface area contributed by atoms with Crippen LogP contribution in [0.25, 0.3) is 0 Å². The van der Waals surface area contributed by atoms with Crippen LogP contribution in [0.1, 0.15) is 18.1 Å². The average Bonchev–Trinajstić information content (AvgIpc) is 2.22. The van der Waals surface area contributed by atoms with E-state index in [-0.39, 0.29) is 5.91 Å². The van der Waals surface area contributed by atoms with Crippen LogP contribution in [0.4, 0.5) is 5.69 Å². The van der Waals surface area contributed by atoms with Gasteiger partial charge < -0.3 is 4.90 Å². The molecule has 0 aliphatic carbocycles. The summed E-state index contributed by atoms with van der Waals surface area (Å²) in [5.74, 6) is -0.0464. The highest BCUT2D eigenvalue weighted by Gasteiger charge is 2.14. The fourth-order valence-corrected chi connectivity index (χ4v) is 1.77. The Kier molecular flexibility index (Phi) is 3.67. The number of hydrogen-bond acceptors (Lipinski definition) is 1. The fourth-order valence-electron chi connectivity index (χ4n) is 1.77. The molecule has 0 fully saturated rings. The van der Waals surface area contributed by atoms with Crippen molar-refractivity contribution in [3.05, 3.63) is 42.0 Å². The lowest BCUT2D eigenvalue weighted by molar-refractivity contribution is -0.114. The Labute approximate surface area is 91.2 Å². The van der Waals surface area contributed by atoms with Gasteiger partial charge in [0.05, 0.1) is 0 Å². The van der Waals surface area contributed by atoms with Crippen molar-refractivity contribution in [1.29, 1.82) is 0 Å². The Morgan fingerprint density at radius 3 is 2.33 bits per heavy atom. The van der Waals surface area contributed by atoms with Crippen LogP contribution in [0, 0.1) is 13.8 Å². The van der Waals surface area contributed by atoms with E-state index in [1.165, 1.54) is 6.08 Å². The Balaban J connectivity index is 3.23. The molecule has 0 aliphatic heterocycles. The van der Waals surface area contributed by atoms with Crippen molar-refractivity contribution in [2.24, 2.45) is 0 Å². The van der Waals surface area contributed by atoms with E-state index < -0.39 is 0 Å². The van der Waals surface area contributed by atoms with E-state index in [1.54, 1.807) is 4.90 Å². The summed E-state index contributed by atoms with van der Waals surface area (Å²) in [5, 5.41) is 0. The SMILES string of the molecule is C=CC(=O)N(CC)c1c(C)cccc1C. The van der Waals surface area contributed by atoms with Crippen molar-refractivity contribution in [3.63, 3.8) is 0 Å². The molecule has 0 aromatic heterocycles. The molecule has 0 unspecified atom stereocenters. The lowest BCUT2D eigenvalue weighted by Crippen LogP contribution is -2.30. The number of aryl methyl sites for hydroxylation is 2. The number of amides is 1. The highest BCUT2D eigenvalue weighted by atomic mass is 16.2. The Morgan fingerprint density at radius 1 is 1.40 bits per heavy atom. The number of likely N-dealkylation sites (N-methyl/N-ethyl adjacent to an activating group) is 1. The molecule has 1 rings (SSSR count). The Hall–Kier alpha value is -1.57. The molecule has 15 heavy (non-hydrogen) atoms. The van der Waals surface area contributed by atoms with Crippen molar-refractivity contribution in [3.8, 4) is 0 Å². The summed E-state index contributed by atoms with van der Waals surface area (Å²) in [6.45, 7) is 10.2. The molecule has 0 N–H and O–H groups in total. The fraction of sp³-hybridized carbons (Fsp3) is 0.308. The van der Waals surface area contributed by atoms with E-state index >= 15 is 0 Å². The number of rotatable bonds is 3. The first-order chi connectivity index (χ1) is 7.11. The Morgan fingerprint density at radius 2 is 1.93 bits per heavy atom. The van der Waals surface area contributed by atoms with Crippen molar-refractivity contribution in [2.75, 3.05) is 11.4 Å². The van der Waals surface area contributed by atoms with Crippen LogP contribution >= 0.6 is 0 Å². The third-order valence-corrected chi connectivity index (χ3v) is 2.47. The van der Waals surface area contributed by atoms with Crippen LogP contribution in [-0.2, 0) is 4.79 Å². The quantitative estimate of drug-likeness (QED) is 0.692. The number of benzene rings is 1. The van der Waals surface area contributed by atoms with Crippen LogP contribution in [0.5, 0.6) is 0 Å². The topological polar surface area (TPSA) is 20.3 Å². The summed E-state index contributed by atoms with van der Waals surface area (Å²) < 4.78 is 0. The minimum Gasteiger partial charge on any atom is -0.309 e. The van der Waals surface area contributed by atoms with Gasteiger partial charge in [-0.15, -0.1) is 0 Å². The molecule has 1 aromatic rings. The van der Waals surface area contributed by atoms with Gasteiger partial charge in [0.2, 0.25) is 5.91 Å². The van der Waals surface area contributed by atoms with E-state index in [2.05, 4.69) is 6.58 Å². The first-order valence-corrected chi connectivity index (χ1v) is 5.12. The monoisotopic (exact) mass is 203 g/mol. The molecule has 0 bridgehead atoms. The van der Waals surface area contributed by atoms with Crippen LogP contribution in [0.15, 0.2) is 30.9 Å². The molecule has 2 nitrogen and oxygen atoms in total. The van der Waals surface area contributed by atoms with Gasteiger partial charge >= 0.3 is 0 Å². The molecule has 0 atom stereocenters. The number of carbonyl (C=O) groups is 1. The minimum absolute atomic E-state index is 0.0464. The predicted octanol–water partition coefficient (Wildman–Crippen LogP) is 2.84. The van der Waals surface area contributed by atoms with E-state index in [1.807, 2.05) is 39.0 Å². The predicted molar refractivity (Wildman–Crippen MR) is 64.1 cm³/mol. The summed E-state index contributed by atoms with van der Waals surface area (Å²) in [6.07, 6.45) is 1.36. The second-order valence-electron chi connectivity index (χ2n) is 3.53. The van der Waals surface area contributed by atoms with Crippen LogP contribution < -0.4 is 4.90 Å². The van der Waals surface area contributed by atoms with Crippen molar-refractivity contribution in [2.45, 2.75) is 20.8 Å². The molecule has 0 spiro atoms. The Bertz CT molecular complexity index is 362. The maximum atomic E-state index is 11.7. The van der Waals surface area contributed by atoms with E-state index in [0.29, 0.717) is 6.54 Å². The zero-order chi connectivity index (χ0) is 11.4. The molecule has 80 valence electrons. The largest absolute Gasteiger partial charge is 0.309 e. The second kappa shape index (κ2) is 4.78. The third-order valence-electron chi connectivity index (χ3n) is 2.47. The lowest BCUT2D eigenvalue weighted by Gasteiger charge is -2.23. The molecule has 1 aromatic carbocycles. The smallest absolute Gasteiger partial charge is 0.250 e. The third kappa shape index (κ3) is 2.27. The summed E-state index contributed by atoms with van der Waals surface area (Å²) >= 11 is 0. The summed E-state index contributed by atoms with van der Waals surface area (Å²) in [4.78, 5) is 13.4. The maximum absolute atomic E-state index is 11.7. The number of anilines is 1. The van der Waals surface area contributed by atoms with Crippen LogP contribution in [0.3, 0.4) is 0 Å². The highest BCUT2D eigenvalue weighted by Crippen LogP contribution is 2.24. The maximum Gasteiger partial charge on any atom is 0.250 e. The normalized spacial score (nSPS) is 9.80. The molecular weight excluding hydrogens is 186 g/mol. The zero-order valence-electron chi connectivity index (χ0n) is 9.58. The summed E-state index contributed by atoms with van der Waals surface area (Å²) in [5.41, 5.74) is 3.24. The molecule has 0 saturated heterocycles. The van der Waals surface area contributed by atoms with Gasteiger partial charge in [-0.1, -0.05) is 24.8 Å². The number of carbonyl (C=O) groups excluding carboxylic acids is 1. The first-order valence-electron chi connectivity index (χ1n) is 5.12. The molecule has 2 heteroatoms. The van der Waals surface area contributed by atoms with Crippen molar-refractivity contribution >= 4 is 11.6 Å². The van der Waals surface area contributed by atoms with Crippen molar-refractivity contribution in [1.82, 2.24) is 0 Å². The highest BCUT2D eigenvalue weighted by molar-refractivity contribution is 6.02. The van der Waals surface area contributed by atoms with Crippen LogP contribution in [-0.4, -0.2) is 12.5 Å². The van der Waals surface area contributed by atoms with Gasteiger partial charge in [-0.2, -0.15) is 0 Å². The minimum atomic E-state index is -0.0464.